The summed E-state index contributed by atoms with van der Waals surface area (Å²) >= 11 is 1.44. The second kappa shape index (κ2) is 9.60. The molecule has 0 aliphatic carbocycles. The van der Waals surface area contributed by atoms with Gasteiger partial charge in [0.2, 0.25) is 0 Å². The molecule has 2 aromatic carbocycles. The highest BCUT2D eigenvalue weighted by Gasteiger charge is 2.27. The summed E-state index contributed by atoms with van der Waals surface area (Å²) in [6, 6.07) is 12.4. The molecule has 0 N–H and O–H groups in total. The van der Waals surface area contributed by atoms with E-state index in [0.717, 1.165) is 10.2 Å². The van der Waals surface area contributed by atoms with E-state index in [1.54, 1.807) is 17.0 Å². The fourth-order valence-electron chi connectivity index (χ4n) is 3.59. The molecule has 0 unspecified atom stereocenters. The molecule has 9 nitrogen and oxygen atoms in total. The predicted molar refractivity (Wildman–Crippen MR) is 126 cm³/mol. The van der Waals surface area contributed by atoms with Gasteiger partial charge in [-0.1, -0.05) is 23.5 Å². The summed E-state index contributed by atoms with van der Waals surface area (Å²) < 4.78 is 6.34. The zero-order chi connectivity index (χ0) is 22.7. The van der Waals surface area contributed by atoms with E-state index in [4.69, 9.17) is 4.74 Å². The Morgan fingerprint density at radius 3 is 2.62 bits per heavy atom. The van der Waals surface area contributed by atoms with Crippen molar-refractivity contribution in [2.45, 2.75) is 0 Å². The van der Waals surface area contributed by atoms with Crippen LogP contribution in [-0.4, -0.2) is 74.2 Å². The molecule has 1 fully saturated rings. The molecule has 0 saturated carbocycles. The molecule has 32 heavy (non-hydrogen) atoms. The van der Waals surface area contributed by atoms with Crippen LogP contribution in [0.2, 0.25) is 0 Å². The first-order valence-corrected chi connectivity index (χ1v) is 11.2. The number of carbonyl (C=O) groups excluding carboxylic acids is 1. The average molecular weight is 456 g/mol. The quantitative estimate of drug-likeness (QED) is 0.399. The number of anilines is 2. The third-order valence-electron chi connectivity index (χ3n) is 5.30. The van der Waals surface area contributed by atoms with Gasteiger partial charge in [-0.3, -0.25) is 19.8 Å². The van der Waals surface area contributed by atoms with Crippen LogP contribution in [0.3, 0.4) is 0 Å². The predicted octanol–water partition coefficient (Wildman–Crippen LogP) is 3.25. The Hall–Kier alpha value is -3.08. The Morgan fingerprint density at radius 2 is 1.94 bits per heavy atom. The van der Waals surface area contributed by atoms with Crippen molar-refractivity contribution in [3.05, 3.63) is 58.1 Å². The zero-order valence-corrected chi connectivity index (χ0v) is 18.9. The van der Waals surface area contributed by atoms with Gasteiger partial charge in [-0.2, -0.15) is 0 Å². The summed E-state index contributed by atoms with van der Waals surface area (Å²) in [5.41, 5.74) is 1.53. The lowest BCUT2D eigenvalue weighted by atomic mass is 10.1. The van der Waals surface area contributed by atoms with Crippen molar-refractivity contribution in [1.29, 1.82) is 0 Å². The van der Waals surface area contributed by atoms with Gasteiger partial charge in [0.25, 0.3) is 11.6 Å². The number of hydrogen-bond donors (Lipinski definition) is 0. The molecule has 0 atom stereocenters. The lowest BCUT2D eigenvalue weighted by Crippen LogP contribution is -2.37. The number of rotatable bonds is 7. The van der Waals surface area contributed by atoms with Crippen LogP contribution in [0.5, 0.6) is 0 Å². The summed E-state index contributed by atoms with van der Waals surface area (Å²) in [4.78, 5) is 35.1. The molecule has 0 bridgehead atoms. The number of nitro benzene ring substituents is 1. The second-order valence-corrected chi connectivity index (χ2v) is 8.79. The molecule has 1 aliphatic rings. The van der Waals surface area contributed by atoms with Crippen molar-refractivity contribution in [2.75, 3.05) is 63.3 Å². The first kappa shape index (κ1) is 22.1. The van der Waals surface area contributed by atoms with Gasteiger partial charge in [0.05, 0.1) is 28.4 Å². The van der Waals surface area contributed by atoms with E-state index in [-0.39, 0.29) is 17.2 Å². The van der Waals surface area contributed by atoms with Crippen LogP contribution in [0.1, 0.15) is 10.4 Å². The van der Waals surface area contributed by atoms with Crippen molar-refractivity contribution in [3.8, 4) is 0 Å². The van der Waals surface area contributed by atoms with Gasteiger partial charge < -0.3 is 14.5 Å². The minimum Gasteiger partial charge on any atom is -0.378 e. The van der Waals surface area contributed by atoms with Crippen molar-refractivity contribution < 1.29 is 14.5 Å². The molecule has 1 amide bonds. The van der Waals surface area contributed by atoms with E-state index >= 15 is 0 Å². The van der Waals surface area contributed by atoms with Crippen LogP contribution in [-0.2, 0) is 4.74 Å². The average Bonchev–Trinajstić information content (AvgIpc) is 3.23. The van der Waals surface area contributed by atoms with Crippen LogP contribution in [0.15, 0.2) is 42.5 Å². The van der Waals surface area contributed by atoms with Crippen LogP contribution in [0.25, 0.3) is 10.2 Å². The minimum absolute atomic E-state index is 0.0744. The van der Waals surface area contributed by atoms with Crippen LogP contribution in [0.4, 0.5) is 16.5 Å². The molecule has 1 saturated heterocycles. The Balaban J connectivity index is 1.69. The summed E-state index contributed by atoms with van der Waals surface area (Å²) in [5, 5.41) is 12.4. The van der Waals surface area contributed by atoms with Crippen LogP contribution in [0, 0.1) is 10.1 Å². The second-order valence-electron chi connectivity index (χ2n) is 7.78. The molecule has 168 valence electrons. The number of ether oxygens (including phenoxy) is 1. The first-order chi connectivity index (χ1) is 15.4. The zero-order valence-electron chi connectivity index (χ0n) is 18.1. The molecular formula is C22H25N5O4S. The number of aromatic nitrogens is 1. The molecule has 10 heteroatoms. The van der Waals surface area contributed by atoms with Gasteiger partial charge >= 0.3 is 0 Å². The maximum absolute atomic E-state index is 13.5. The van der Waals surface area contributed by atoms with Crippen molar-refractivity contribution in [2.24, 2.45) is 0 Å². The summed E-state index contributed by atoms with van der Waals surface area (Å²) in [5.74, 6) is -0.303. The number of thiazole rings is 1. The number of carbonyl (C=O) groups is 1. The Labute approximate surface area is 190 Å². The SMILES string of the molecule is CN(C)CCN(C(=O)c1ccc(N2CCOCC2)c([N+](=O)[O-])c1)c1nc2ccccc2s1. The molecule has 3 aromatic rings. The monoisotopic (exact) mass is 455 g/mol. The number of nitro groups is 1. The van der Waals surface area contributed by atoms with E-state index in [0.29, 0.717) is 50.2 Å². The van der Waals surface area contributed by atoms with Gasteiger partial charge in [0.1, 0.15) is 5.69 Å². The number of para-hydroxylation sites is 1. The Kier molecular flexibility index (Phi) is 6.63. The van der Waals surface area contributed by atoms with Gasteiger partial charge in [-0.25, -0.2) is 4.98 Å². The van der Waals surface area contributed by atoms with Gasteiger partial charge in [-0.15, -0.1) is 0 Å². The van der Waals surface area contributed by atoms with Gasteiger partial charge in [0, 0.05) is 37.8 Å². The number of nitrogens with zero attached hydrogens (tertiary/aromatic N) is 5. The highest BCUT2D eigenvalue weighted by molar-refractivity contribution is 7.22. The molecule has 4 rings (SSSR count). The topological polar surface area (TPSA) is 92.0 Å². The maximum Gasteiger partial charge on any atom is 0.293 e. The normalized spacial score (nSPS) is 14.2. The number of hydrogen-bond acceptors (Lipinski definition) is 8. The third kappa shape index (κ3) is 4.72. The fraction of sp³-hybridized carbons (Fsp3) is 0.364. The molecule has 0 spiro atoms. The lowest BCUT2D eigenvalue weighted by molar-refractivity contribution is -0.384. The fourth-order valence-corrected chi connectivity index (χ4v) is 4.58. The Bertz CT molecular complexity index is 1090. The van der Waals surface area contributed by atoms with E-state index in [2.05, 4.69) is 4.98 Å². The molecule has 0 radical (unpaired) electrons. The number of amides is 1. The first-order valence-electron chi connectivity index (χ1n) is 10.4. The molecule has 1 aliphatic heterocycles. The van der Waals surface area contributed by atoms with Crippen LogP contribution >= 0.6 is 11.3 Å². The minimum atomic E-state index is -0.427. The van der Waals surface area contributed by atoms with Crippen LogP contribution < -0.4 is 9.80 Å². The summed E-state index contributed by atoms with van der Waals surface area (Å²) in [7, 11) is 3.87. The Morgan fingerprint density at radius 1 is 1.19 bits per heavy atom. The number of fused-ring (bicyclic) bond motifs is 1. The maximum atomic E-state index is 13.5. The molecule has 1 aromatic heterocycles. The summed E-state index contributed by atoms with van der Waals surface area (Å²) in [6.45, 7) is 3.26. The number of benzene rings is 2. The molecular weight excluding hydrogens is 430 g/mol. The summed E-state index contributed by atoms with van der Waals surface area (Å²) in [6.07, 6.45) is 0. The molecule has 2 heterocycles. The van der Waals surface area contributed by atoms with Gasteiger partial charge in [0.15, 0.2) is 5.13 Å². The highest BCUT2D eigenvalue weighted by atomic mass is 32.1. The van der Waals surface area contributed by atoms with Crippen molar-refractivity contribution in [3.63, 3.8) is 0 Å². The largest absolute Gasteiger partial charge is 0.378 e. The third-order valence-corrected chi connectivity index (χ3v) is 6.36. The lowest BCUT2D eigenvalue weighted by Gasteiger charge is -2.28. The van der Waals surface area contributed by atoms with E-state index in [9.17, 15) is 14.9 Å². The van der Waals surface area contributed by atoms with Crippen molar-refractivity contribution >= 4 is 44.0 Å². The smallest absolute Gasteiger partial charge is 0.293 e. The number of likely N-dealkylation sites (N-methyl/N-ethyl adjacent to an activating group) is 1. The number of morpholine rings is 1. The standard InChI is InChI=1S/C22H25N5O4S/c1-24(2)9-10-26(22-23-17-5-3-4-6-20(17)32-22)21(28)16-7-8-18(19(15-16)27(29)30)25-11-13-31-14-12-25/h3-8,15H,9-14H2,1-2H3. The van der Waals surface area contributed by atoms with E-state index in [1.807, 2.05) is 48.2 Å². The van der Waals surface area contributed by atoms with Crippen molar-refractivity contribution in [1.82, 2.24) is 9.88 Å². The highest BCUT2D eigenvalue weighted by Crippen LogP contribution is 2.33. The van der Waals surface area contributed by atoms with Gasteiger partial charge in [-0.05, 0) is 38.4 Å². The van der Waals surface area contributed by atoms with E-state index in [1.165, 1.54) is 17.4 Å². The van der Waals surface area contributed by atoms with E-state index < -0.39 is 4.92 Å².